The summed E-state index contributed by atoms with van der Waals surface area (Å²) >= 11 is 5.61. The molecule has 0 fully saturated rings. The van der Waals surface area contributed by atoms with Crippen LogP contribution in [0.15, 0.2) is 30.3 Å². The average molecular weight is 329 g/mol. The van der Waals surface area contributed by atoms with Crippen molar-refractivity contribution < 1.29 is 4.90 Å². The molecule has 1 aliphatic rings. The van der Waals surface area contributed by atoms with Gasteiger partial charge in [-0.05, 0) is 25.7 Å². The Hall–Kier alpha value is -1.52. The van der Waals surface area contributed by atoms with E-state index < -0.39 is 0 Å². The van der Waals surface area contributed by atoms with Crippen molar-refractivity contribution in [3.05, 3.63) is 46.2 Å². The summed E-state index contributed by atoms with van der Waals surface area (Å²) in [5.41, 5.74) is 3.93. The molecule has 1 aromatic carbocycles. The van der Waals surface area contributed by atoms with Crippen LogP contribution in [0.2, 0.25) is 0 Å². The van der Waals surface area contributed by atoms with Gasteiger partial charge >= 0.3 is 0 Å². The fourth-order valence-electron chi connectivity index (χ4n) is 3.41. The molecule has 1 aromatic heterocycles. The van der Waals surface area contributed by atoms with Crippen molar-refractivity contribution in [1.82, 2.24) is 9.55 Å². The molecule has 0 saturated carbocycles. The van der Waals surface area contributed by atoms with Crippen LogP contribution in [-0.4, -0.2) is 30.2 Å². The van der Waals surface area contributed by atoms with Crippen molar-refractivity contribution in [2.24, 2.45) is 0 Å². The topological polar surface area (TPSA) is 22.3 Å². The zero-order valence-corrected chi connectivity index (χ0v) is 15.0. The van der Waals surface area contributed by atoms with E-state index in [0.29, 0.717) is 0 Å². The zero-order chi connectivity index (χ0) is 16.2. The van der Waals surface area contributed by atoms with E-state index in [1.165, 1.54) is 41.1 Å². The summed E-state index contributed by atoms with van der Waals surface area (Å²) in [4.78, 5) is 6.32. The Balaban J connectivity index is 2.06. The Bertz CT molecular complexity index is 719. The van der Waals surface area contributed by atoms with E-state index in [9.17, 15) is 0 Å². The van der Waals surface area contributed by atoms with Gasteiger partial charge in [-0.3, -0.25) is 0 Å². The van der Waals surface area contributed by atoms with E-state index in [2.05, 4.69) is 49.0 Å². The molecule has 1 aliphatic carbocycles. The van der Waals surface area contributed by atoms with E-state index in [4.69, 9.17) is 17.2 Å². The van der Waals surface area contributed by atoms with Crippen LogP contribution < -0.4 is 4.90 Å². The van der Waals surface area contributed by atoms with E-state index in [1.54, 1.807) is 0 Å². The van der Waals surface area contributed by atoms with Crippen molar-refractivity contribution in [2.75, 3.05) is 20.6 Å². The fraction of sp³-hybridized carbons (Fsp3) is 0.474. The monoisotopic (exact) mass is 328 g/mol. The van der Waals surface area contributed by atoms with Gasteiger partial charge in [0.15, 0.2) is 0 Å². The first-order valence-corrected chi connectivity index (χ1v) is 9.04. The molecule has 122 valence electrons. The summed E-state index contributed by atoms with van der Waals surface area (Å²) in [5.74, 6) is 1.05. The normalized spacial score (nSPS) is 14.0. The maximum Gasteiger partial charge on any atom is 0.141 e. The zero-order valence-electron chi connectivity index (χ0n) is 14.1. The number of nitrogens with one attached hydrogen (secondary N) is 1. The second-order valence-corrected chi connectivity index (χ2v) is 7.09. The van der Waals surface area contributed by atoms with Crippen LogP contribution in [0, 0.1) is 4.64 Å². The molecule has 0 amide bonds. The molecule has 0 bridgehead atoms. The lowest BCUT2D eigenvalue weighted by Crippen LogP contribution is -3.05. The predicted molar refractivity (Wildman–Crippen MR) is 97.4 cm³/mol. The van der Waals surface area contributed by atoms with E-state index >= 15 is 0 Å². The molecule has 0 radical (unpaired) electrons. The van der Waals surface area contributed by atoms with Crippen LogP contribution in [0.5, 0.6) is 0 Å². The van der Waals surface area contributed by atoms with Crippen LogP contribution >= 0.6 is 12.2 Å². The van der Waals surface area contributed by atoms with Crippen LogP contribution in [0.25, 0.3) is 11.4 Å². The third-order valence-electron chi connectivity index (χ3n) is 4.58. The SMILES string of the molecule is C[NH+](C)CCCn1c(-c2ccccc2)nc(=S)c2c1CCCC2. The first kappa shape index (κ1) is 16.3. The first-order chi connectivity index (χ1) is 11.2. The number of aromatic nitrogens is 2. The van der Waals surface area contributed by atoms with E-state index in [0.717, 1.165) is 36.3 Å². The van der Waals surface area contributed by atoms with Gasteiger partial charge in [0, 0.05) is 29.8 Å². The predicted octanol–water partition coefficient (Wildman–Crippen LogP) is 2.69. The minimum Gasteiger partial charge on any atom is -0.340 e. The van der Waals surface area contributed by atoms with Crippen LogP contribution in [0.3, 0.4) is 0 Å². The molecule has 0 aliphatic heterocycles. The standard InChI is InChI=1S/C19H25N3S/c1-21(2)13-8-14-22-17-12-7-6-11-16(17)19(23)20-18(22)15-9-4-3-5-10-15/h3-5,9-10H,6-8,11-14H2,1-2H3/p+1. The molecule has 2 aromatic rings. The van der Waals surface area contributed by atoms with Crippen LogP contribution in [-0.2, 0) is 19.4 Å². The highest BCUT2D eigenvalue weighted by Gasteiger charge is 2.19. The van der Waals surface area contributed by atoms with E-state index in [1.807, 2.05) is 0 Å². The minimum atomic E-state index is 0.813. The number of quaternary nitrogens is 1. The van der Waals surface area contributed by atoms with Crippen LogP contribution in [0.1, 0.15) is 30.5 Å². The van der Waals surface area contributed by atoms with E-state index in [-0.39, 0.29) is 0 Å². The molecule has 0 spiro atoms. The lowest BCUT2D eigenvalue weighted by Gasteiger charge is -2.24. The Morgan fingerprint density at radius 2 is 1.87 bits per heavy atom. The second-order valence-electron chi connectivity index (χ2n) is 6.70. The molecule has 3 rings (SSSR count). The quantitative estimate of drug-likeness (QED) is 0.853. The van der Waals surface area contributed by atoms with Gasteiger partial charge in [0.05, 0.1) is 20.6 Å². The summed E-state index contributed by atoms with van der Waals surface area (Å²) in [6.45, 7) is 2.20. The molecule has 23 heavy (non-hydrogen) atoms. The lowest BCUT2D eigenvalue weighted by atomic mass is 9.96. The smallest absolute Gasteiger partial charge is 0.141 e. The third-order valence-corrected chi connectivity index (χ3v) is 4.91. The number of fused-ring (bicyclic) bond motifs is 1. The van der Waals surface area contributed by atoms with Crippen molar-refractivity contribution in [1.29, 1.82) is 0 Å². The lowest BCUT2D eigenvalue weighted by molar-refractivity contribution is -0.858. The number of rotatable bonds is 5. The molecular weight excluding hydrogens is 302 g/mol. The number of hydrogen-bond donors (Lipinski definition) is 1. The first-order valence-electron chi connectivity index (χ1n) is 8.64. The van der Waals surface area contributed by atoms with Gasteiger partial charge in [-0.2, -0.15) is 0 Å². The summed E-state index contributed by atoms with van der Waals surface area (Å²) in [6.07, 6.45) is 5.90. The van der Waals surface area contributed by atoms with Gasteiger partial charge < -0.3 is 9.47 Å². The Kier molecular flexibility index (Phi) is 5.23. The van der Waals surface area contributed by atoms with Gasteiger partial charge in [0.2, 0.25) is 0 Å². The maximum atomic E-state index is 5.61. The Morgan fingerprint density at radius 1 is 1.13 bits per heavy atom. The fourth-order valence-corrected chi connectivity index (χ4v) is 3.72. The highest BCUT2D eigenvalue weighted by Crippen LogP contribution is 2.27. The van der Waals surface area contributed by atoms with Crippen LogP contribution in [0.4, 0.5) is 0 Å². The highest BCUT2D eigenvalue weighted by molar-refractivity contribution is 7.71. The molecule has 4 heteroatoms. The number of benzene rings is 1. The van der Waals surface area contributed by atoms with Gasteiger partial charge in [0.1, 0.15) is 10.5 Å². The molecule has 0 unspecified atom stereocenters. The Labute approximate surface area is 144 Å². The van der Waals surface area contributed by atoms with Crippen molar-refractivity contribution in [3.8, 4) is 11.4 Å². The summed E-state index contributed by atoms with van der Waals surface area (Å²) < 4.78 is 3.26. The molecule has 1 heterocycles. The average Bonchev–Trinajstić information content (AvgIpc) is 2.57. The third kappa shape index (κ3) is 3.70. The highest BCUT2D eigenvalue weighted by atomic mass is 32.1. The number of hydrogen-bond acceptors (Lipinski definition) is 2. The molecule has 1 N–H and O–H groups in total. The van der Waals surface area contributed by atoms with Crippen molar-refractivity contribution >= 4 is 12.2 Å². The van der Waals surface area contributed by atoms with Crippen molar-refractivity contribution in [2.45, 2.75) is 38.6 Å². The molecular formula is C19H26N3S+. The summed E-state index contributed by atoms with van der Waals surface area (Å²) in [6, 6.07) is 10.5. The molecule has 3 nitrogen and oxygen atoms in total. The second kappa shape index (κ2) is 7.37. The summed E-state index contributed by atoms with van der Waals surface area (Å²) in [5, 5.41) is 0. The molecule has 0 atom stereocenters. The number of nitrogens with zero attached hydrogens (tertiary/aromatic N) is 2. The summed E-state index contributed by atoms with van der Waals surface area (Å²) in [7, 11) is 4.42. The van der Waals surface area contributed by atoms with Crippen molar-refractivity contribution in [3.63, 3.8) is 0 Å². The van der Waals surface area contributed by atoms with Gasteiger partial charge in [-0.15, -0.1) is 0 Å². The van der Waals surface area contributed by atoms with Gasteiger partial charge in [-0.25, -0.2) is 4.98 Å². The largest absolute Gasteiger partial charge is 0.340 e. The Morgan fingerprint density at radius 3 is 2.61 bits per heavy atom. The maximum absolute atomic E-state index is 5.61. The van der Waals surface area contributed by atoms with Gasteiger partial charge in [0.25, 0.3) is 0 Å². The minimum absolute atomic E-state index is 0.813. The molecule has 0 saturated heterocycles. The van der Waals surface area contributed by atoms with Gasteiger partial charge in [-0.1, -0.05) is 42.5 Å².